The minimum Gasteiger partial charge on any atom is -0.318 e. The van der Waals surface area contributed by atoms with Crippen molar-refractivity contribution in [3.8, 4) is 0 Å². The summed E-state index contributed by atoms with van der Waals surface area (Å²) in [4.78, 5) is 8.52. The van der Waals surface area contributed by atoms with Crippen LogP contribution in [0.4, 0.5) is 10.8 Å². The van der Waals surface area contributed by atoms with Crippen molar-refractivity contribution in [3.05, 3.63) is 40.4 Å². The van der Waals surface area contributed by atoms with Gasteiger partial charge in [-0.15, -0.1) is 0 Å². The summed E-state index contributed by atoms with van der Waals surface area (Å²) in [5.41, 5.74) is 3.73. The van der Waals surface area contributed by atoms with Crippen LogP contribution >= 0.6 is 11.3 Å². The molecular formula is C17H25N3S. The van der Waals surface area contributed by atoms with E-state index in [-0.39, 0.29) is 0 Å². The number of thiazole rings is 1. The third-order valence-corrected chi connectivity index (χ3v) is 4.62. The average molecular weight is 303 g/mol. The largest absolute Gasteiger partial charge is 0.318 e. The monoisotopic (exact) mass is 303 g/mol. The van der Waals surface area contributed by atoms with E-state index in [1.807, 2.05) is 11.3 Å². The molecule has 0 amide bonds. The van der Waals surface area contributed by atoms with Gasteiger partial charge in [-0.1, -0.05) is 37.3 Å². The minimum absolute atomic E-state index is 0.919. The fourth-order valence-corrected chi connectivity index (χ4v) is 3.57. The molecule has 0 atom stereocenters. The van der Waals surface area contributed by atoms with Crippen LogP contribution in [-0.2, 0) is 13.0 Å². The van der Waals surface area contributed by atoms with E-state index in [1.165, 1.54) is 21.8 Å². The Hall–Kier alpha value is -1.39. The summed E-state index contributed by atoms with van der Waals surface area (Å²) in [5.74, 6) is 0. The van der Waals surface area contributed by atoms with Gasteiger partial charge in [0.05, 0.1) is 5.69 Å². The molecule has 0 aliphatic carbocycles. The molecule has 21 heavy (non-hydrogen) atoms. The fraction of sp³-hybridized carbons (Fsp3) is 0.471. The lowest BCUT2D eigenvalue weighted by Gasteiger charge is -2.20. The number of hydrogen-bond acceptors (Lipinski definition) is 4. The highest BCUT2D eigenvalue weighted by Crippen LogP contribution is 2.32. The van der Waals surface area contributed by atoms with Gasteiger partial charge in [0.2, 0.25) is 0 Å². The maximum atomic E-state index is 4.86. The lowest BCUT2D eigenvalue weighted by Crippen LogP contribution is -2.15. The molecule has 0 aliphatic heterocycles. The van der Waals surface area contributed by atoms with Gasteiger partial charge in [-0.05, 0) is 44.5 Å². The Bertz CT molecular complexity index is 577. The molecule has 0 radical (unpaired) electrons. The Labute approximate surface area is 132 Å². The molecule has 0 aliphatic rings. The molecule has 1 aromatic heterocycles. The summed E-state index contributed by atoms with van der Waals surface area (Å²) in [7, 11) is 0. The molecule has 4 heteroatoms. The zero-order valence-electron chi connectivity index (χ0n) is 13.4. The second-order valence-electron chi connectivity index (χ2n) is 5.08. The first kappa shape index (κ1) is 16.0. The van der Waals surface area contributed by atoms with Crippen molar-refractivity contribution < 1.29 is 0 Å². The van der Waals surface area contributed by atoms with Crippen molar-refractivity contribution in [1.82, 2.24) is 10.3 Å². The zero-order valence-corrected chi connectivity index (χ0v) is 14.3. The van der Waals surface area contributed by atoms with Gasteiger partial charge in [-0.3, -0.25) is 0 Å². The summed E-state index contributed by atoms with van der Waals surface area (Å²) >= 11 is 1.81. The van der Waals surface area contributed by atoms with Crippen LogP contribution in [0, 0.1) is 6.92 Å². The van der Waals surface area contributed by atoms with Crippen LogP contribution in [0.1, 0.15) is 36.9 Å². The van der Waals surface area contributed by atoms with E-state index in [2.05, 4.69) is 62.2 Å². The molecule has 1 N–H and O–H groups in total. The summed E-state index contributed by atoms with van der Waals surface area (Å²) in [5, 5.41) is 4.51. The third kappa shape index (κ3) is 3.83. The Morgan fingerprint density at radius 3 is 2.67 bits per heavy atom. The Morgan fingerprint density at radius 1 is 1.24 bits per heavy atom. The van der Waals surface area contributed by atoms with E-state index < -0.39 is 0 Å². The Balaban J connectivity index is 2.31. The molecule has 0 spiro atoms. The maximum absolute atomic E-state index is 4.86. The smallest absolute Gasteiger partial charge is 0.190 e. The number of anilines is 2. The van der Waals surface area contributed by atoms with E-state index in [0.717, 1.165) is 31.2 Å². The van der Waals surface area contributed by atoms with Gasteiger partial charge in [0.15, 0.2) is 5.13 Å². The number of benzene rings is 1. The van der Waals surface area contributed by atoms with Gasteiger partial charge in [0.1, 0.15) is 0 Å². The summed E-state index contributed by atoms with van der Waals surface area (Å²) in [6.07, 6.45) is 0.989. The van der Waals surface area contributed by atoms with Gasteiger partial charge in [-0.2, -0.15) is 0 Å². The van der Waals surface area contributed by atoms with E-state index in [0.29, 0.717) is 0 Å². The van der Waals surface area contributed by atoms with Crippen molar-refractivity contribution in [2.45, 2.75) is 40.7 Å². The van der Waals surface area contributed by atoms with Crippen molar-refractivity contribution in [2.24, 2.45) is 0 Å². The van der Waals surface area contributed by atoms with Gasteiger partial charge in [0, 0.05) is 23.7 Å². The van der Waals surface area contributed by atoms with Crippen molar-refractivity contribution >= 4 is 22.2 Å². The molecule has 114 valence electrons. The van der Waals surface area contributed by atoms with Crippen LogP contribution in [0.3, 0.4) is 0 Å². The summed E-state index contributed by atoms with van der Waals surface area (Å²) < 4.78 is 0. The molecule has 0 fully saturated rings. The number of nitrogens with one attached hydrogen (secondary N) is 1. The number of aryl methyl sites for hydroxylation is 2. The average Bonchev–Trinajstić information content (AvgIpc) is 2.89. The quantitative estimate of drug-likeness (QED) is 0.827. The van der Waals surface area contributed by atoms with Crippen LogP contribution < -0.4 is 10.2 Å². The van der Waals surface area contributed by atoms with Crippen molar-refractivity contribution in [2.75, 3.05) is 18.0 Å². The van der Waals surface area contributed by atoms with Gasteiger partial charge >= 0.3 is 0 Å². The summed E-state index contributed by atoms with van der Waals surface area (Å²) in [6, 6.07) is 8.63. The SMILES string of the molecule is CCNCc1sc(N(CC)c2cccc(C)c2)nc1CC. The van der Waals surface area contributed by atoms with Crippen LogP contribution in [0.25, 0.3) is 0 Å². The molecule has 3 nitrogen and oxygen atoms in total. The fourth-order valence-electron chi connectivity index (χ4n) is 2.36. The highest BCUT2D eigenvalue weighted by molar-refractivity contribution is 7.15. The Morgan fingerprint density at radius 2 is 2.05 bits per heavy atom. The molecule has 0 saturated heterocycles. The first-order chi connectivity index (χ1) is 10.2. The minimum atomic E-state index is 0.919. The number of aromatic nitrogens is 1. The molecule has 0 unspecified atom stereocenters. The van der Waals surface area contributed by atoms with Gasteiger partial charge in [-0.25, -0.2) is 4.98 Å². The van der Waals surface area contributed by atoms with Crippen LogP contribution in [-0.4, -0.2) is 18.1 Å². The highest BCUT2D eigenvalue weighted by atomic mass is 32.1. The third-order valence-electron chi connectivity index (χ3n) is 3.50. The maximum Gasteiger partial charge on any atom is 0.190 e. The predicted octanol–water partition coefficient (Wildman–Crippen LogP) is 4.28. The van der Waals surface area contributed by atoms with Gasteiger partial charge in [0.25, 0.3) is 0 Å². The van der Waals surface area contributed by atoms with Crippen LogP contribution in [0.15, 0.2) is 24.3 Å². The second kappa shape index (κ2) is 7.57. The van der Waals surface area contributed by atoms with Crippen LogP contribution in [0.5, 0.6) is 0 Å². The molecule has 1 aromatic carbocycles. The lowest BCUT2D eigenvalue weighted by molar-refractivity contribution is 0.727. The van der Waals surface area contributed by atoms with E-state index in [1.54, 1.807) is 0 Å². The number of nitrogens with zero attached hydrogens (tertiary/aromatic N) is 2. The second-order valence-corrected chi connectivity index (χ2v) is 6.15. The predicted molar refractivity (Wildman–Crippen MR) is 92.7 cm³/mol. The normalized spacial score (nSPS) is 10.9. The van der Waals surface area contributed by atoms with Crippen molar-refractivity contribution in [1.29, 1.82) is 0 Å². The zero-order chi connectivity index (χ0) is 15.2. The molecule has 1 heterocycles. The molecular weight excluding hydrogens is 278 g/mol. The first-order valence-electron chi connectivity index (χ1n) is 7.73. The standard InChI is InChI=1S/C17H25N3S/c1-5-15-16(12-18-6-2)21-17(19-15)20(7-3)14-10-8-9-13(4)11-14/h8-11,18H,5-7,12H2,1-4H3. The molecule has 0 saturated carbocycles. The topological polar surface area (TPSA) is 28.2 Å². The number of hydrogen-bond donors (Lipinski definition) is 1. The van der Waals surface area contributed by atoms with E-state index in [9.17, 15) is 0 Å². The highest BCUT2D eigenvalue weighted by Gasteiger charge is 2.15. The van der Waals surface area contributed by atoms with Crippen LogP contribution in [0.2, 0.25) is 0 Å². The molecule has 2 rings (SSSR count). The van der Waals surface area contributed by atoms with E-state index >= 15 is 0 Å². The lowest BCUT2D eigenvalue weighted by atomic mass is 10.2. The molecule has 2 aromatic rings. The number of rotatable bonds is 7. The first-order valence-corrected chi connectivity index (χ1v) is 8.54. The van der Waals surface area contributed by atoms with Gasteiger partial charge < -0.3 is 10.2 Å². The van der Waals surface area contributed by atoms with Crippen molar-refractivity contribution in [3.63, 3.8) is 0 Å². The van der Waals surface area contributed by atoms with E-state index in [4.69, 9.17) is 4.98 Å². The molecule has 0 bridgehead atoms. The summed E-state index contributed by atoms with van der Waals surface area (Å²) in [6.45, 7) is 11.5. The Kier molecular flexibility index (Phi) is 5.76.